The van der Waals surface area contributed by atoms with Crippen molar-refractivity contribution in [3.8, 4) is 0 Å². The van der Waals surface area contributed by atoms with E-state index in [2.05, 4.69) is 15.2 Å². The van der Waals surface area contributed by atoms with Gasteiger partial charge in [0.1, 0.15) is 17.4 Å². The second-order valence-corrected chi connectivity index (χ2v) is 6.44. The van der Waals surface area contributed by atoms with Crippen LogP contribution >= 0.6 is 11.8 Å². The Morgan fingerprint density at radius 1 is 1.32 bits per heavy atom. The van der Waals surface area contributed by atoms with Crippen molar-refractivity contribution in [2.75, 3.05) is 19.3 Å². The minimum absolute atomic E-state index is 0.108. The van der Waals surface area contributed by atoms with Crippen LogP contribution in [-0.4, -0.2) is 45.3 Å². The van der Waals surface area contributed by atoms with Crippen molar-refractivity contribution in [2.45, 2.75) is 24.0 Å². The summed E-state index contributed by atoms with van der Waals surface area (Å²) in [5, 5.41) is 6.75. The molecule has 1 aliphatic rings. The number of aromatic amines is 1. The average Bonchev–Trinajstić information content (AvgIpc) is 3.11. The molecule has 0 aliphatic carbocycles. The van der Waals surface area contributed by atoms with Crippen molar-refractivity contribution in [3.63, 3.8) is 0 Å². The van der Waals surface area contributed by atoms with Gasteiger partial charge in [-0.3, -0.25) is 9.89 Å². The van der Waals surface area contributed by atoms with Crippen LogP contribution in [-0.2, 0) is 4.79 Å². The number of aromatic nitrogens is 3. The molecule has 1 unspecified atom stereocenters. The lowest BCUT2D eigenvalue weighted by Gasteiger charge is -2.33. The van der Waals surface area contributed by atoms with Crippen LogP contribution < -0.4 is 0 Å². The monoisotopic (exact) mass is 316 g/mol. The zero-order valence-corrected chi connectivity index (χ0v) is 13.4. The number of amides is 1. The first-order valence-corrected chi connectivity index (χ1v) is 8.80. The summed E-state index contributed by atoms with van der Waals surface area (Å²) in [6.45, 7) is 1.57. The van der Waals surface area contributed by atoms with Crippen molar-refractivity contribution in [2.24, 2.45) is 0 Å². The summed E-state index contributed by atoms with van der Waals surface area (Å²) in [6, 6.07) is 10.0. The Morgan fingerprint density at radius 3 is 2.64 bits per heavy atom. The van der Waals surface area contributed by atoms with Crippen LogP contribution in [0.2, 0.25) is 0 Å². The minimum atomic E-state index is -0.108. The van der Waals surface area contributed by atoms with Gasteiger partial charge in [-0.15, -0.1) is 11.8 Å². The molecule has 0 saturated carbocycles. The van der Waals surface area contributed by atoms with Crippen molar-refractivity contribution in [1.29, 1.82) is 0 Å². The SMILES string of the molecule is CSC(C(=O)N1CCC(c2ncn[nH]2)CC1)c1ccccc1. The van der Waals surface area contributed by atoms with Crippen molar-refractivity contribution in [1.82, 2.24) is 20.1 Å². The number of nitrogens with one attached hydrogen (secondary N) is 1. The second-order valence-electron chi connectivity index (χ2n) is 5.50. The number of rotatable bonds is 4. The number of carbonyl (C=O) groups excluding carboxylic acids is 1. The molecule has 3 rings (SSSR count). The molecule has 0 radical (unpaired) electrons. The van der Waals surface area contributed by atoms with Crippen molar-refractivity contribution >= 4 is 17.7 Å². The maximum Gasteiger partial charge on any atom is 0.240 e. The molecular weight excluding hydrogens is 296 g/mol. The summed E-state index contributed by atoms with van der Waals surface area (Å²) in [6.07, 6.45) is 5.43. The van der Waals surface area contributed by atoms with Crippen LogP contribution in [0.4, 0.5) is 0 Å². The van der Waals surface area contributed by atoms with Crippen LogP contribution in [0.3, 0.4) is 0 Å². The first-order valence-electron chi connectivity index (χ1n) is 7.51. The molecular formula is C16H20N4OS. The van der Waals surface area contributed by atoms with Crippen LogP contribution in [0.25, 0.3) is 0 Å². The molecule has 22 heavy (non-hydrogen) atoms. The molecule has 1 fully saturated rings. The molecule has 1 amide bonds. The molecule has 0 bridgehead atoms. The Balaban J connectivity index is 1.64. The van der Waals surface area contributed by atoms with Crippen LogP contribution in [0.5, 0.6) is 0 Å². The van der Waals surface area contributed by atoms with E-state index in [1.807, 2.05) is 41.5 Å². The van der Waals surface area contributed by atoms with Gasteiger partial charge in [0.25, 0.3) is 0 Å². The molecule has 0 spiro atoms. The first kappa shape index (κ1) is 15.1. The van der Waals surface area contributed by atoms with Crippen LogP contribution in [0, 0.1) is 0 Å². The highest BCUT2D eigenvalue weighted by Gasteiger charge is 2.29. The largest absolute Gasteiger partial charge is 0.341 e. The summed E-state index contributed by atoms with van der Waals surface area (Å²) in [4.78, 5) is 19.0. The molecule has 6 heteroatoms. The van der Waals surface area contributed by atoms with Gasteiger partial charge in [-0.2, -0.15) is 5.10 Å². The topological polar surface area (TPSA) is 61.9 Å². The Labute approximate surface area is 134 Å². The van der Waals surface area contributed by atoms with Gasteiger partial charge < -0.3 is 4.90 Å². The van der Waals surface area contributed by atoms with Gasteiger partial charge in [-0.1, -0.05) is 30.3 Å². The molecule has 116 valence electrons. The number of hydrogen-bond donors (Lipinski definition) is 1. The molecule has 2 heterocycles. The Kier molecular flexibility index (Phi) is 4.77. The highest BCUT2D eigenvalue weighted by atomic mass is 32.2. The quantitative estimate of drug-likeness (QED) is 0.942. The maximum absolute atomic E-state index is 12.8. The van der Waals surface area contributed by atoms with Crippen molar-refractivity contribution < 1.29 is 4.79 Å². The van der Waals surface area contributed by atoms with E-state index in [4.69, 9.17) is 0 Å². The molecule has 1 saturated heterocycles. The highest BCUT2D eigenvalue weighted by molar-refractivity contribution is 7.99. The van der Waals surface area contributed by atoms with Crippen molar-refractivity contribution in [3.05, 3.63) is 48.0 Å². The van der Waals surface area contributed by atoms with Gasteiger partial charge in [0.05, 0.1) is 0 Å². The Morgan fingerprint density at radius 2 is 2.05 bits per heavy atom. The van der Waals surface area contributed by atoms with E-state index in [9.17, 15) is 4.79 Å². The molecule has 1 atom stereocenters. The summed E-state index contributed by atoms with van der Waals surface area (Å²) >= 11 is 1.60. The van der Waals surface area contributed by atoms with Gasteiger partial charge in [0.2, 0.25) is 5.91 Å². The fourth-order valence-corrected chi connectivity index (χ4v) is 3.74. The number of hydrogen-bond acceptors (Lipinski definition) is 4. The van der Waals surface area contributed by atoms with Gasteiger partial charge >= 0.3 is 0 Å². The third kappa shape index (κ3) is 3.16. The highest BCUT2D eigenvalue weighted by Crippen LogP contribution is 2.32. The number of carbonyl (C=O) groups is 1. The molecule has 1 aromatic carbocycles. The fraction of sp³-hybridized carbons (Fsp3) is 0.438. The van der Waals surface area contributed by atoms with E-state index < -0.39 is 0 Å². The predicted octanol–water partition coefficient (Wildman–Crippen LogP) is 2.62. The van der Waals surface area contributed by atoms with Crippen LogP contribution in [0.1, 0.15) is 35.4 Å². The lowest BCUT2D eigenvalue weighted by molar-refractivity contribution is -0.131. The first-order chi connectivity index (χ1) is 10.8. The van der Waals surface area contributed by atoms with Crippen LogP contribution in [0.15, 0.2) is 36.7 Å². The zero-order valence-electron chi connectivity index (χ0n) is 12.6. The Hall–Kier alpha value is -1.82. The molecule has 1 N–H and O–H groups in total. The average molecular weight is 316 g/mol. The van der Waals surface area contributed by atoms with Gasteiger partial charge in [0, 0.05) is 19.0 Å². The van der Waals surface area contributed by atoms with E-state index in [0.29, 0.717) is 5.92 Å². The second kappa shape index (κ2) is 6.96. The van der Waals surface area contributed by atoms with E-state index in [1.165, 1.54) is 0 Å². The van der Waals surface area contributed by atoms with Gasteiger partial charge in [-0.25, -0.2) is 4.98 Å². The summed E-state index contributed by atoms with van der Waals surface area (Å²) in [5.41, 5.74) is 1.08. The smallest absolute Gasteiger partial charge is 0.240 e. The third-order valence-corrected chi connectivity index (χ3v) is 5.13. The summed E-state index contributed by atoms with van der Waals surface area (Å²) in [5.74, 6) is 1.54. The van der Waals surface area contributed by atoms with Gasteiger partial charge in [-0.05, 0) is 24.7 Å². The fourth-order valence-electron chi connectivity index (χ4n) is 2.96. The third-order valence-electron chi connectivity index (χ3n) is 4.19. The number of benzene rings is 1. The Bertz CT molecular complexity index is 594. The predicted molar refractivity (Wildman–Crippen MR) is 87.6 cm³/mol. The number of thioether (sulfide) groups is 1. The normalized spacial score (nSPS) is 17.4. The minimum Gasteiger partial charge on any atom is -0.341 e. The molecule has 1 aromatic heterocycles. The lowest BCUT2D eigenvalue weighted by Crippen LogP contribution is -2.40. The van der Waals surface area contributed by atoms with Gasteiger partial charge in [0.15, 0.2) is 0 Å². The zero-order chi connectivity index (χ0) is 15.4. The number of H-pyrrole nitrogens is 1. The molecule has 1 aliphatic heterocycles. The van der Waals surface area contributed by atoms with E-state index in [0.717, 1.165) is 37.3 Å². The maximum atomic E-state index is 12.8. The van der Waals surface area contributed by atoms with E-state index in [-0.39, 0.29) is 11.2 Å². The summed E-state index contributed by atoms with van der Waals surface area (Å²) < 4.78 is 0. The molecule has 2 aromatic rings. The summed E-state index contributed by atoms with van der Waals surface area (Å²) in [7, 11) is 0. The number of likely N-dealkylation sites (tertiary alicyclic amines) is 1. The lowest BCUT2D eigenvalue weighted by atomic mass is 9.95. The molecule has 5 nitrogen and oxygen atoms in total. The van der Waals surface area contributed by atoms with E-state index in [1.54, 1.807) is 18.1 Å². The standard InChI is InChI=1S/C16H20N4OS/c1-22-14(12-5-3-2-4-6-12)16(21)20-9-7-13(8-10-20)15-17-11-18-19-15/h2-6,11,13-14H,7-10H2,1H3,(H,17,18,19). The van der Waals surface area contributed by atoms with E-state index >= 15 is 0 Å². The number of nitrogens with zero attached hydrogens (tertiary/aromatic N) is 3. The number of piperidine rings is 1.